The molecule has 0 aliphatic rings. The van der Waals surface area contributed by atoms with Gasteiger partial charge in [0.2, 0.25) is 15.8 Å². The van der Waals surface area contributed by atoms with Gasteiger partial charge in [-0.2, -0.15) is 21.0 Å². The van der Waals surface area contributed by atoms with Gasteiger partial charge in [0.1, 0.15) is 6.04 Å². The maximum atomic E-state index is 12.4. The second-order valence-electron chi connectivity index (χ2n) is 6.14. The van der Waals surface area contributed by atoms with E-state index in [1.807, 2.05) is 16.8 Å². The van der Waals surface area contributed by atoms with Gasteiger partial charge in [0.25, 0.3) is 5.89 Å². The average molecular weight is 407 g/mol. The molecule has 0 bridgehead atoms. The molecule has 1 unspecified atom stereocenters. The molecule has 0 fully saturated rings. The molecule has 0 amide bonds. The molecule has 0 saturated carbocycles. The van der Waals surface area contributed by atoms with Crippen molar-refractivity contribution in [2.75, 3.05) is 0 Å². The zero-order valence-corrected chi connectivity index (χ0v) is 16.1. The van der Waals surface area contributed by atoms with Crippen LogP contribution >= 0.6 is 11.3 Å². The van der Waals surface area contributed by atoms with Crippen LogP contribution in [0.1, 0.15) is 13.8 Å². The molecule has 2 aromatic heterocycles. The Balaban J connectivity index is 1.81. The van der Waals surface area contributed by atoms with E-state index in [2.05, 4.69) is 14.9 Å². The van der Waals surface area contributed by atoms with E-state index in [-0.39, 0.29) is 4.90 Å². The normalized spacial score (nSPS) is 13.0. The van der Waals surface area contributed by atoms with Gasteiger partial charge in [-0.15, -0.1) is 0 Å². The van der Waals surface area contributed by atoms with Gasteiger partial charge in [0.15, 0.2) is 0 Å². The Morgan fingerprint density at radius 1 is 1.19 bits per heavy atom. The van der Waals surface area contributed by atoms with Crippen molar-refractivity contribution in [3.8, 4) is 22.8 Å². The van der Waals surface area contributed by atoms with Crippen molar-refractivity contribution in [3.05, 3.63) is 41.1 Å². The van der Waals surface area contributed by atoms with Crippen molar-refractivity contribution in [1.29, 1.82) is 0 Å². The van der Waals surface area contributed by atoms with Gasteiger partial charge in [-0.25, -0.2) is 8.42 Å². The molecule has 3 rings (SSSR count). The average Bonchev–Trinajstić information content (AvgIpc) is 3.30. The van der Waals surface area contributed by atoms with Crippen LogP contribution in [0, 0.1) is 5.92 Å². The SMILES string of the molecule is CC(C)C(NS(=O)(=O)c1ccc(-c2noc(-c3ccsc3)n2)cc1)C(=O)O. The zero-order valence-electron chi connectivity index (χ0n) is 14.5. The molecule has 10 heteroatoms. The third-order valence-electron chi connectivity index (χ3n) is 3.83. The summed E-state index contributed by atoms with van der Waals surface area (Å²) in [5, 5.41) is 16.9. The van der Waals surface area contributed by atoms with E-state index in [4.69, 9.17) is 4.52 Å². The summed E-state index contributed by atoms with van der Waals surface area (Å²) in [6.07, 6.45) is 0. The molecule has 2 heterocycles. The van der Waals surface area contributed by atoms with Gasteiger partial charge in [-0.3, -0.25) is 4.79 Å². The highest BCUT2D eigenvalue weighted by molar-refractivity contribution is 7.89. The smallest absolute Gasteiger partial charge is 0.322 e. The van der Waals surface area contributed by atoms with E-state index >= 15 is 0 Å². The van der Waals surface area contributed by atoms with Crippen LogP contribution in [0.2, 0.25) is 0 Å². The summed E-state index contributed by atoms with van der Waals surface area (Å²) in [6.45, 7) is 3.26. The molecule has 2 N–H and O–H groups in total. The number of benzene rings is 1. The number of carbonyl (C=O) groups is 1. The van der Waals surface area contributed by atoms with Crippen LogP contribution in [0.4, 0.5) is 0 Å². The zero-order chi connectivity index (χ0) is 19.6. The highest BCUT2D eigenvalue weighted by Gasteiger charge is 2.28. The van der Waals surface area contributed by atoms with Crippen LogP contribution in [0.5, 0.6) is 0 Å². The highest BCUT2D eigenvalue weighted by Crippen LogP contribution is 2.24. The lowest BCUT2D eigenvalue weighted by Crippen LogP contribution is -2.44. The third-order valence-corrected chi connectivity index (χ3v) is 5.97. The highest BCUT2D eigenvalue weighted by atomic mass is 32.2. The molecule has 3 aromatic rings. The summed E-state index contributed by atoms with van der Waals surface area (Å²) < 4.78 is 32.3. The first kappa shape index (κ1) is 19.2. The molecule has 0 spiro atoms. The number of thiophene rings is 1. The fourth-order valence-electron chi connectivity index (χ4n) is 2.33. The maximum Gasteiger partial charge on any atom is 0.322 e. The van der Waals surface area contributed by atoms with Crippen LogP contribution in [0.3, 0.4) is 0 Å². The van der Waals surface area contributed by atoms with Gasteiger partial charge >= 0.3 is 5.97 Å². The van der Waals surface area contributed by atoms with E-state index < -0.39 is 28.0 Å². The molecule has 8 nitrogen and oxygen atoms in total. The van der Waals surface area contributed by atoms with Gasteiger partial charge in [-0.05, 0) is 41.6 Å². The standard InChI is InChI=1S/C17H17N3O5S2/c1-10(2)14(17(21)22)20-27(23,24)13-5-3-11(4-6-13)15-18-16(25-19-15)12-7-8-26-9-12/h3-10,14,20H,1-2H3,(H,21,22). The number of hydrogen-bond acceptors (Lipinski definition) is 7. The summed E-state index contributed by atoms with van der Waals surface area (Å²) in [5.41, 5.74) is 1.40. The summed E-state index contributed by atoms with van der Waals surface area (Å²) in [5.74, 6) is -0.908. The molecule has 0 radical (unpaired) electrons. The number of rotatable bonds is 7. The number of hydrogen-bond donors (Lipinski definition) is 2. The number of sulfonamides is 1. The predicted octanol–water partition coefficient (Wildman–Crippen LogP) is 2.85. The lowest BCUT2D eigenvalue weighted by atomic mass is 10.1. The second-order valence-corrected chi connectivity index (χ2v) is 8.63. The topological polar surface area (TPSA) is 122 Å². The number of carboxylic acids is 1. The third kappa shape index (κ3) is 4.24. The monoisotopic (exact) mass is 407 g/mol. The van der Waals surface area contributed by atoms with Gasteiger partial charge in [-0.1, -0.05) is 19.0 Å². The first-order valence-corrected chi connectivity index (χ1v) is 10.4. The van der Waals surface area contributed by atoms with E-state index in [0.29, 0.717) is 17.3 Å². The summed E-state index contributed by atoms with van der Waals surface area (Å²) in [4.78, 5) is 15.5. The van der Waals surface area contributed by atoms with Crippen molar-refractivity contribution < 1.29 is 22.8 Å². The number of nitrogens with one attached hydrogen (secondary N) is 1. The number of aromatic nitrogens is 2. The lowest BCUT2D eigenvalue weighted by molar-refractivity contribution is -0.140. The van der Waals surface area contributed by atoms with E-state index in [1.165, 1.54) is 23.5 Å². The Bertz CT molecular complexity index is 1020. The van der Waals surface area contributed by atoms with Crippen LogP contribution in [0.25, 0.3) is 22.8 Å². The Labute approximate surface area is 159 Å². The summed E-state index contributed by atoms with van der Waals surface area (Å²) in [6, 6.07) is 6.48. The Morgan fingerprint density at radius 2 is 1.89 bits per heavy atom. The molecule has 27 heavy (non-hydrogen) atoms. The number of carboxylic acid groups (broad SMARTS) is 1. The van der Waals surface area contributed by atoms with E-state index in [9.17, 15) is 18.3 Å². The van der Waals surface area contributed by atoms with Gasteiger partial charge in [0, 0.05) is 10.9 Å². The van der Waals surface area contributed by atoms with E-state index in [0.717, 1.165) is 5.56 Å². The van der Waals surface area contributed by atoms with Crippen LogP contribution in [0.15, 0.2) is 50.5 Å². The largest absolute Gasteiger partial charge is 0.480 e. The Hall–Kier alpha value is -2.56. The minimum atomic E-state index is -3.97. The van der Waals surface area contributed by atoms with Crippen LogP contribution in [-0.2, 0) is 14.8 Å². The van der Waals surface area contributed by atoms with Crippen molar-refractivity contribution in [1.82, 2.24) is 14.9 Å². The lowest BCUT2D eigenvalue weighted by Gasteiger charge is -2.18. The Kier molecular flexibility index (Phi) is 5.40. The number of aliphatic carboxylic acids is 1. The molecule has 0 aliphatic carbocycles. The van der Waals surface area contributed by atoms with Crippen LogP contribution < -0.4 is 4.72 Å². The van der Waals surface area contributed by atoms with Crippen molar-refractivity contribution in [3.63, 3.8) is 0 Å². The molecule has 0 saturated heterocycles. The summed E-state index contributed by atoms with van der Waals surface area (Å²) >= 11 is 1.51. The van der Waals surface area contributed by atoms with Crippen molar-refractivity contribution in [2.24, 2.45) is 5.92 Å². The first-order valence-electron chi connectivity index (χ1n) is 8.00. The van der Waals surface area contributed by atoms with Crippen LogP contribution in [-0.4, -0.2) is 35.7 Å². The number of nitrogens with zero attached hydrogens (tertiary/aromatic N) is 2. The fraction of sp³-hybridized carbons (Fsp3) is 0.235. The molecule has 1 aromatic carbocycles. The molecule has 1 atom stereocenters. The molecule has 142 valence electrons. The first-order chi connectivity index (χ1) is 12.8. The minimum absolute atomic E-state index is 0.0419. The van der Waals surface area contributed by atoms with Gasteiger partial charge in [0.05, 0.1) is 10.5 Å². The van der Waals surface area contributed by atoms with Gasteiger partial charge < -0.3 is 9.63 Å². The van der Waals surface area contributed by atoms with Crippen molar-refractivity contribution in [2.45, 2.75) is 24.8 Å². The minimum Gasteiger partial charge on any atom is -0.480 e. The molecular formula is C17H17N3O5S2. The molecular weight excluding hydrogens is 390 g/mol. The van der Waals surface area contributed by atoms with Crippen molar-refractivity contribution >= 4 is 27.3 Å². The maximum absolute atomic E-state index is 12.4. The Morgan fingerprint density at radius 3 is 2.44 bits per heavy atom. The molecule has 0 aliphatic heterocycles. The second kappa shape index (κ2) is 7.59. The summed E-state index contributed by atoms with van der Waals surface area (Å²) in [7, 11) is -3.97. The quantitative estimate of drug-likeness (QED) is 0.617. The van der Waals surface area contributed by atoms with E-state index in [1.54, 1.807) is 26.0 Å². The predicted molar refractivity (Wildman–Crippen MR) is 99.6 cm³/mol. The fourth-order valence-corrected chi connectivity index (χ4v) is 4.30.